The number of hydrogen-bond acceptors (Lipinski definition) is 2. The zero-order chi connectivity index (χ0) is 24.0. The molecule has 3 aromatic rings. The third-order valence-corrected chi connectivity index (χ3v) is 5.58. The van der Waals surface area contributed by atoms with Crippen molar-refractivity contribution in [2.45, 2.75) is 58.8 Å². The van der Waals surface area contributed by atoms with Crippen LogP contribution in [0.4, 0.5) is 0 Å². The van der Waals surface area contributed by atoms with Crippen molar-refractivity contribution in [3.05, 3.63) is 101 Å². The highest BCUT2D eigenvalue weighted by atomic mass is 16.5. The Bertz CT molecular complexity index is 1160. The van der Waals surface area contributed by atoms with Gasteiger partial charge in [-0.15, -0.1) is 5.92 Å². The van der Waals surface area contributed by atoms with Gasteiger partial charge >= 0.3 is 5.97 Å². The molecule has 0 amide bonds. The van der Waals surface area contributed by atoms with E-state index >= 15 is 0 Å². The van der Waals surface area contributed by atoms with Gasteiger partial charge in [0, 0.05) is 16.7 Å². The van der Waals surface area contributed by atoms with Gasteiger partial charge in [0.15, 0.2) is 0 Å². The summed E-state index contributed by atoms with van der Waals surface area (Å²) in [5, 5.41) is 0. The average molecular weight is 449 g/mol. The second kappa shape index (κ2) is 13.7. The lowest BCUT2D eigenvalue weighted by Crippen LogP contribution is -2.08. The van der Waals surface area contributed by atoms with Crippen LogP contribution in [0, 0.1) is 23.7 Å². The minimum atomic E-state index is -0.347. The van der Waals surface area contributed by atoms with E-state index in [1.165, 1.54) is 44.1 Å². The maximum absolute atomic E-state index is 12.5. The van der Waals surface area contributed by atoms with Gasteiger partial charge in [-0.25, -0.2) is 4.79 Å². The molecule has 0 aromatic heterocycles. The van der Waals surface area contributed by atoms with Gasteiger partial charge in [0.25, 0.3) is 0 Å². The molecule has 0 radical (unpaired) electrons. The first kappa shape index (κ1) is 24.9. The highest BCUT2D eigenvalue weighted by Gasteiger charge is 2.08. The lowest BCUT2D eigenvalue weighted by atomic mass is 10.0. The Morgan fingerprint density at radius 3 is 1.79 bits per heavy atom. The maximum atomic E-state index is 12.5. The SMILES string of the molecule is CC#Cc1ccc(C#Cc2ccc(OC(=O)c3ccc(CCCCCCCC)cc3)cc2)cc1. The molecule has 0 aliphatic rings. The Kier molecular flexibility index (Phi) is 10.0. The van der Waals surface area contributed by atoms with Gasteiger partial charge in [0.2, 0.25) is 0 Å². The molecule has 0 bridgehead atoms. The Balaban J connectivity index is 1.49. The normalized spacial score (nSPS) is 9.94. The molecule has 2 nitrogen and oxygen atoms in total. The molecule has 2 heteroatoms. The van der Waals surface area contributed by atoms with E-state index < -0.39 is 0 Å². The summed E-state index contributed by atoms with van der Waals surface area (Å²) in [6, 6.07) is 22.9. The first-order valence-electron chi connectivity index (χ1n) is 12.1. The first-order chi connectivity index (χ1) is 16.7. The van der Waals surface area contributed by atoms with Crippen LogP contribution in [0.3, 0.4) is 0 Å². The Morgan fingerprint density at radius 2 is 1.21 bits per heavy atom. The van der Waals surface area contributed by atoms with E-state index in [1.54, 1.807) is 12.1 Å². The standard InChI is InChI=1S/C32H32O2/c1-3-5-6-7-8-9-11-27-18-22-30(23-19-27)32(33)34-31-24-20-29(21-25-31)17-16-28-14-12-26(10-4-2)13-15-28/h12-15,18-25H,3,5-9,11H2,1-2H3. The summed E-state index contributed by atoms with van der Waals surface area (Å²) >= 11 is 0. The predicted octanol–water partition coefficient (Wildman–Crippen LogP) is 7.58. The fraction of sp³-hybridized carbons (Fsp3) is 0.281. The largest absolute Gasteiger partial charge is 0.423 e. The van der Waals surface area contributed by atoms with Gasteiger partial charge in [0.1, 0.15) is 5.75 Å². The van der Waals surface area contributed by atoms with Crippen LogP contribution in [0.25, 0.3) is 0 Å². The number of carbonyl (C=O) groups is 1. The van der Waals surface area contributed by atoms with E-state index in [-0.39, 0.29) is 5.97 Å². The smallest absolute Gasteiger partial charge is 0.343 e. The summed E-state index contributed by atoms with van der Waals surface area (Å²) in [5.74, 6) is 12.3. The van der Waals surface area contributed by atoms with E-state index in [4.69, 9.17) is 4.74 Å². The number of carbonyl (C=O) groups excluding carboxylic acids is 1. The number of aryl methyl sites for hydroxylation is 1. The van der Waals surface area contributed by atoms with Gasteiger partial charge in [-0.2, -0.15) is 0 Å². The van der Waals surface area contributed by atoms with Crippen LogP contribution in [-0.4, -0.2) is 5.97 Å². The van der Waals surface area contributed by atoms with E-state index in [2.05, 4.69) is 30.6 Å². The molecular weight excluding hydrogens is 416 g/mol. The quantitative estimate of drug-likeness (QED) is 0.146. The highest BCUT2D eigenvalue weighted by molar-refractivity contribution is 5.91. The third kappa shape index (κ3) is 8.31. The lowest BCUT2D eigenvalue weighted by Gasteiger charge is -2.06. The van der Waals surface area contributed by atoms with Crippen LogP contribution in [-0.2, 0) is 6.42 Å². The molecule has 0 N–H and O–H groups in total. The van der Waals surface area contributed by atoms with Crippen molar-refractivity contribution in [3.8, 4) is 29.4 Å². The zero-order valence-corrected chi connectivity index (χ0v) is 20.2. The van der Waals surface area contributed by atoms with Crippen molar-refractivity contribution in [2.24, 2.45) is 0 Å². The van der Waals surface area contributed by atoms with Crippen molar-refractivity contribution in [1.82, 2.24) is 0 Å². The number of hydrogen-bond donors (Lipinski definition) is 0. The molecule has 0 atom stereocenters. The second-order valence-corrected chi connectivity index (χ2v) is 8.33. The number of ether oxygens (including phenoxy) is 1. The molecule has 0 aliphatic heterocycles. The number of benzene rings is 3. The van der Waals surface area contributed by atoms with Gasteiger partial charge in [-0.05, 0) is 86.0 Å². The van der Waals surface area contributed by atoms with Gasteiger partial charge in [-0.1, -0.05) is 68.9 Å². The van der Waals surface area contributed by atoms with E-state index in [0.717, 1.165) is 23.1 Å². The van der Waals surface area contributed by atoms with Crippen molar-refractivity contribution in [3.63, 3.8) is 0 Å². The summed E-state index contributed by atoms with van der Waals surface area (Å²) in [4.78, 5) is 12.5. The third-order valence-electron chi connectivity index (χ3n) is 5.58. The molecule has 0 saturated carbocycles. The Morgan fingerprint density at radius 1 is 0.676 bits per heavy atom. The van der Waals surface area contributed by atoms with Crippen LogP contribution >= 0.6 is 0 Å². The lowest BCUT2D eigenvalue weighted by molar-refractivity contribution is 0.0734. The van der Waals surface area contributed by atoms with Crippen molar-refractivity contribution < 1.29 is 9.53 Å². The topological polar surface area (TPSA) is 26.3 Å². The Hall–Kier alpha value is -3.75. The number of rotatable bonds is 9. The molecule has 3 rings (SSSR count). The van der Waals surface area contributed by atoms with Crippen LogP contribution in [0.15, 0.2) is 72.8 Å². The molecule has 34 heavy (non-hydrogen) atoms. The van der Waals surface area contributed by atoms with Crippen LogP contribution in [0.5, 0.6) is 5.75 Å². The molecule has 3 aromatic carbocycles. The molecule has 172 valence electrons. The number of esters is 1. The molecule has 0 aliphatic carbocycles. The molecule has 0 heterocycles. The van der Waals surface area contributed by atoms with E-state index in [0.29, 0.717) is 11.3 Å². The average Bonchev–Trinajstić information content (AvgIpc) is 2.87. The van der Waals surface area contributed by atoms with E-state index in [9.17, 15) is 4.79 Å². The Labute approximate surface area is 204 Å². The maximum Gasteiger partial charge on any atom is 0.343 e. The minimum Gasteiger partial charge on any atom is -0.423 e. The van der Waals surface area contributed by atoms with Crippen molar-refractivity contribution >= 4 is 5.97 Å². The van der Waals surface area contributed by atoms with E-state index in [1.807, 2.05) is 67.6 Å². The molecule has 0 fully saturated rings. The summed E-state index contributed by atoms with van der Waals surface area (Å²) in [7, 11) is 0. The monoisotopic (exact) mass is 448 g/mol. The van der Waals surface area contributed by atoms with Crippen molar-refractivity contribution in [2.75, 3.05) is 0 Å². The predicted molar refractivity (Wildman–Crippen MR) is 140 cm³/mol. The second-order valence-electron chi connectivity index (χ2n) is 8.33. The minimum absolute atomic E-state index is 0.347. The summed E-state index contributed by atoms with van der Waals surface area (Å²) in [6.45, 7) is 4.06. The van der Waals surface area contributed by atoms with Gasteiger partial charge < -0.3 is 4.74 Å². The first-order valence-corrected chi connectivity index (χ1v) is 12.1. The highest BCUT2D eigenvalue weighted by Crippen LogP contribution is 2.16. The van der Waals surface area contributed by atoms with Crippen LogP contribution in [0.2, 0.25) is 0 Å². The summed E-state index contributed by atoms with van der Waals surface area (Å²) < 4.78 is 5.53. The zero-order valence-electron chi connectivity index (χ0n) is 20.2. The molecule has 0 unspecified atom stereocenters. The number of unbranched alkanes of at least 4 members (excludes halogenated alkanes) is 5. The summed E-state index contributed by atoms with van der Waals surface area (Å²) in [5.41, 5.74) is 4.59. The molecular formula is C32H32O2. The fourth-order valence-electron chi connectivity index (χ4n) is 3.61. The van der Waals surface area contributed by atoms with Crippen LogP contribution < -0.4 is 4.74 Å². The molecule has 0 spiro atoms. The van der Waals surface area contributed by atoms with Gasteiger partial charge in [0.05, 0.1) is 5.56 Å². The fourth-order valence-corrected chi connectivity index (χ4v) is 3.61. The van der Waals surface area contributed by atoms with Crippen LogP contribution in [0.1, 0.15) is 85.0 Å². The summed E-state index contributed by atoms with van der Waals surface area (Å²) in [6.07, 6.45) is 8.77. The molecule has 0 saturated heterocycles. The van der Waals surface area contributed by atoms with Crippen molar-refractivity contribution in [1.29, 1.82) is 0 Å². The van der Waals surface area contributed by atoms with Gasteiger partial charge in [-0.3, -0.25) is 0 Å².